The van der Waals surface area contributed by atoms with Crippen molar-refractivity contribution in [2.45, 2.75) is 13.3 Å². The molecule has 10 nitrogen and oxygen atoms in total. The van der Waals surface area contributed by atoms with Gasteiger partial charge in [-0.25, -0.2) is 0 Å². The number of anilines is 2. The van der Waals surface area contributed by atoms with Crippen LogP contribution >= 0.6 is 0 Å². The highest BCUT2D eigenvalue weighted by molar-refractivity contribution is 6.09. The molecule has 4 N–H and O–H groups in total. The second-order valence-corrected chi connectivity index (χ2v) is 6.42. The van der Waals surface area contributed by atoms with Crippen LogP contribution in [0.3, 0.4) is 0 Å². The summed E-state index contributed by atoms with van der Waals surface area (Å²) >= 11 is 0. The molecule has 2 aromatic carbocycles. The number of nitriles is 1. The number of para-hydroxylation sites is 1. The van der Waals surface area contributed by atoms with Crippen LogP contribution in [0.25, 0.3) is 22.3 Å². The molecule has 4 rings (SSSR count). The van der Waals surface area contributed by atoms with Crippen molar-refractivity contribution in [3.63, 3.8) is 0 Å². The molecule has 0 bridgehead atoms. The first kappa shape index (κ1) is 18.8. The molecular weight excluding hydrogens is 384 g/mol. The monoisotopic (exact) mass is 400 g/mol. The van der Waals surface area contributed by atoms with Gasteiger partial charge in [-0.3, -0.25) is 9.59 Å². The number of fused-ring (bicyclic) bond motifs is 1. The number of hydrogen-bond donors (Lipinski definition) is 4. The number of aromatic amines is 2. The van der Waals surface area contributed by atoms with Gasteiger partial charge < -0.3 is 15.6 Å². The maximum absolute atomic E-state index is 12.9. The molecule has 0 radical (unpaired) electrons. The molecule has 0 spiro atoms. The van der Waals surface area contributed by atoms with Gasteiger partial charge in [-0.15, -0.1) is 10.2 Å². The summed E-state index contributed by atoms with van der Waals surface area (Å²) < 4.78 is 0. The van der Waals surface area contributed by atoms with E-state index in [9.17, 15) is 9.59 Å². The number of hydrogen-bond acceptors (Lipinski definition) is 6. The molecular formula is C20H16N8O2. The number of rotatable bonds is 5. The smallest absolute Gasteiger partial charge is 0.272 e. The molecule has 2 heterocycles. The Hall–Kier alpha value is -4.52. The first-order valence-corrected chi connectivity index (χ1v) is 9.10. The topological polar surface area (TPSA) is 152 Å². The summed E-state index contributed by atoms with van der Waals surface area (Å²) in [6, 6.07) is 13.9. The van der Waals surface area contributed by atoms with Crippen LogP contribution in [0.15, 0.2) is 42.5 Å². The SMILES string of the molecule is CCC(=O)Nc1cccc2cc(C(=O)Nc3ccc(C#N)cc3-c3nn[nH]n3)[nH]c12. The van der Waals surface area contributed by atoms with Crippen molar-refractivity contribution in [1.29, 1.82) is 5.26 Å². The molecule has 4 aromatic rings. The van der Waals surface area contributed by atoms with Crippen LogP contribution in [0.2, 0.25) is 0 Å². The molecule has 0 saturated carbocycles. The summed E-state index contributed by atoms with van der Waals surface area (Å²) in [5.74, 6) is -0.262. The molecule has 0 aliphatic heterocycles. The molecule has 0 saturated heterocycles. The first-order chi connectivity index (χ1) is 14.6. The Bertz CT molecular complexity index is 1280. The number of carbonyl (C=O) groups is 2. The zero-order valence-electron chi connectivity index (χ0n) is 15.9. The Morgan fingerprint density at radius 3 is 2.73 bits per heavy atom. The third-order valence-electron chi connectivity index (χ3n) is 4.48. The summed E-state index contributed by atoms with van der Waals surface area (Å²) in [5, 5.41) is 29.3. The number of tetrazole rings is 1. The highest BCUT2D eigenvalue weighted by Crippen LogP contribution is 2.28. The van der Waals surface area contributed by atoms with E-state index >= 15 is 0 Å². The maximum Gasteiger partial charge on any atom is 0.272 e. The molecule has 30 heavy (non-hydrogen) atoms. The number of carbonyl (C=O) groups excluding carboxylic acids is 2. The van der Waals surface area contributed by atoms with Crippen LogP contribution in [-0.4, -0.2) is 37.4 Å². The van der Waals surface area contributed by atoms with Gasteiger partial charge in [-0.1, -0.05) is 19.1 Å². The molecule has 148 valence electrons. The minimum absolute atomic E-state index is 0.120. The van der Waals surface area contributed by atoms with Crippen molar-refractivity contribution in [3.05, 3.63) is 53.7 Å². The van der Waals surface area contributed by atoms with E-state index in [0.717, 1.165) is 5.39 Å². The molecule has 0 aliphatic rings. The molecule has 2 amide bonds. The van der Waals surface area contributed by atoms with E-state index in [0.29, 0.717) is 40.1 Å². The van der Waals surface area contributed by atoms with Crippen molar-refractivity contribution in [3.8, 4) is 17.5 Å². The lowest BCUT2D eigenvalue weighted by Crippen LogP contribution is -2.13. The quantitative estimate of drug-likeness (QED) is 0.404. The van der Waals surface area contributed by atoms with Crippen LogP contribution in [-0.2, 0) is 4.79 Å². The van der Waals surface area contributed by atoms with E-state index in [-0.39, 0.29) is 11.7 Å². The van der Waals surface area contributed by atoms with Crippen molar-refractivity contribution >= 4 is 34.1 Å². The lowest BCUT2D eigenvalue weighted by atomic mass is 10.1. The largest absolute Gasteiger partial charge is 0.349 e. The second kappa shape index (κ2) is 7.84. The number of benzene rings is 2. The Labute approximate surface area is 170 Å². The van der Waals surface area contributed by atoms with Crippen LogP contribution in [0.1, 0.15) is 29.4 Å². The lowest BCUT2D eigenvalue weighted by molar-refractivity contribution is -0.115. The van der Waals surface area contributed by atoms with Gasteiger partial charge in [0, 0.05) is 17.4 Å². The number of amides is 2. The molecule has 0 atom stereocenters. The van der Waals surface area contributed by atoms with Crippen LogP contribution in [0.4, 0.5) is 11.4 Å². The molecule has 10 heteroatoms. The third kappa shape index (κ3) is 3.59. The van der Waals surface area contributed by atoms with Crippen molar-refractivity contribution in [2.24, 2.45) is 0 Å². The average Bonchev–Trinajstić information content (AvgIpc) is 3.44. The minimum Gasteiger partial charge on any atom is -0.349 e. The third-order valence-corrected chi connectivity index (χ3v) is 4.48. The Morgan fingerprint density at radius 2 is 2.00 bits per heavy atom. The number of aromatic nitrogens is 5. The maximum atomic E-state index is 12.9. The van der Waals surface area contributed by atoms with E-state index in [1.807, 2.05) is 12.1 Å². The van der Waals surface area contributed by atoms with E-state index in [2.05, 4.69) is 36.2 Å². The molecule has 0 fully saturated rings. The number of nitrogens with one attached hydrogen (secondary N) is 4. The van der Waals surface area contributed by atoms with Crippen LogP contribution < -0.4 is 10.6 Å². The fourth-order valence-corrected chi connectivity index (χ4v) is 2.99. The number of H-pyrrole nitrogens is 2. The molecule has 2 aromatic heterocycles. The Kier molecular flexibility index (Phi) is 4.92. The van der Waals surface area contributed by atoms with Gasteiger partial charge in [-0.2, -0.15) is 10.5 Å². The van der Waals surface area contributed by atoms with E-state index < -0.39 is 5.91 Å². The summed E-state index contributed by atoms with van der Waals surface area (Å²) in [4.78, 5) is 27.7. The molecule has 0 aliphatic carbocycles. The van der Waals surface area contributed by atoms with Gasteiger partial charge in [0.25, 0.3) is 5.91 Å². The predicted molar refractivity (Wildman–Crippen MR) is 110 cm³/mol. The predicted octanol–water partition coefficient (Wildman–Crippen LogP) is 2.82. The Balaban J connectivity index is 1.67. The second-order valence-electron chi connectivity index (χ2n) is 6.42. The average molecular weight is 400 g/mol. The Morgan fingerprint density at radius 1 is 1.13 bits per heavy atom. The zero-order chi connectivity index (χ0) is 21.1. The van der Waals surface area contributed by atoms with E-state index in [1.165, 1.54) is 0 Å². The highest BCUT2D eigenvalue weighted by atomic mass is 16.2. The zero-order valence-corrected chi connectivity index (χ0v) is 15.9. The first-order valence-electron chi connectivity index (χ1n) is 9.10. The number of nitrogens with zero attached hydrogens (tertiary/aromatic N) is 4. The van der Waals surface area contributed by atoms with Gasteiger partial charge in [0.15, 0.2) is 0 Å². The fraction of sp³-hybridized carbons (Fsp3) is 0.100. The summed E-state index contributed by atoms with van der Waals surface area (Å²) in [6.07, 6.45) is 0.349. The van der Waals surface area contributed by atoms with E-state index in [1.54, 1.807) is 43.3 Å². The van der Waals surface area contributed by atoms with Gasteiger partial charge >= 0.3 is 0 Å². The van der Waals surface area contributed by atoms with Gasteiger partial charge in [-0.05, 0) is 35.5 Å². The van der Waals surface area contributed by atoms with E-state index in [4.69, 9.17) is 5.26 Å². The summed E-state index contributed by atoms with van der Waals surface area (Å²) in [7, 11) is 0. The van der Waals surface area contributed by atoms with Crippen molar-refractivity contribution < 1.29 is 9.59 Å². The van der Waals surface area contributed by atoms with Gasteiger partial charge in [0.05, 0.1) is 28.5 Å². The standard InChI is InChI=1S/C20H16N8O2/c1-2-17(29)22-15-5-3-4-12-9-16(23-18(12)15)20(30)24-14-7-6-11(10-21)8-13(14)19-25-27-28-26-19/h3-9,23H,2H2,1H3,(H,22,29)(H,24,30)(H,25,26,27,28). The fourth-order valence-electron chi connectivity index (χ4n) is 2.99. The lowest BCUT2D eigenvalue weighted by Gasteiger charge is -2.08. The highest BCUT2D eigenvalue weighted by Gasteiger charge is 2.17. The summed E-state index contributed by atoms with van der Waals surface area (Å²) in [6.45, 7) is 1.77. The normalized spacial score (nSPS) is 10.5. The van der Waals surface area contributed by atoms with Gasteiger partial charge in [0.1, 0.15) is 5.69 Å². The van der Waals surface area contributed by atoms with Crippen molar-refractivity contribution in [1.82, 2.24) is 25.6 Å². The minimum atomic E-state index is -0.395. The summed E-state index contributed by atoms with van der Waals surface area (Å²) in [5.41, 5.74) is 2.86. The van der Waals surface area contributed by atoms with Gasteiger partial charge in [0.2, 0.25) is 11.7 Å². The van der Waals surface area contributed by atoms with Crippen LogP contribution in [0.5, 0.6) is 0 Å². The van der Waals surface area contributed by atoms with Crippen LogP contribution in [0, 0.1) is 11.3 Å². The molecule has 0 unspecified atom stereocenters. The van der Waals surface area contributed by atoms with Crippen molar-refractivity contribution in [2.75, 3.05) is 10.6 Å².